The number of ketones is 1. The van der Waals surface area contributed by atoms with E-state index < -0.39 is 35.2 Å². The molecule has 10 heteroatoms. The minimum atomic E-state index is -0.856. The third-order valence-corrected chi connectivity index (χ3v) is 16.1. The van der Waals surface area contributed by atoms with Gasteiger partial charge in [-0.2, -0.15) is 0 Å². The highest BCUT2D eigenvalue weighted by Gasteiger charge is 2.69. The van der Waals surface area contributed by atoms with Crippen molar-refractivity contribution in [3.8, 4) is 0 Å². The molecule has 2 spiro atoms. The number of fused-ring (bicyclic) bond motifs is 5. The van der Waals surface area contributed by atoms with E-state index in [0.717, 1.165) is 67.4 Å². The number of carbonyl (C=O) groups excluding carboxylic acids is 1. The lowest BCUT2D eigenvalue weighted by atomic mass is 9.57. The summed E-state index contributed by atoms with van der Waals surface area (Å²) in [5.74, 6) is -0.186. The zero-order valence-electron chi connectivity index (χ0n) is 33.8. The van der Waals surface area contributed by atoms with Crippen molar-refractivity contribution in [1.82, 2.24) is 0 Å². The first kappa shape index (κ1) is 40.2. The molecule has 304 valence electrons. The quantitative estimate of drug-likeness (QED) is 0.0986. The lowest BCUT2D eigenvalue weighted by molar-refractivity contribution is -0.571. The molecule has 7 heterocycles. The zero-order valence-corrected chi connectivity index (χ0v) is 34.7. The van der Waals surface area contributed by atoms with Gasteiger partial charge in [-0.1, -0.05) is 64.1 Å². The smallest absolute Gasteiger partial charge is 0.201 e. The van der Waals surface area contributed by atoms with E-state index in [0.29, 0.717) is 36.8 Å². The lowest BCUT2D eigenvalue weighted by Crippen LogP contribution is -2.70. The number of rotatable bonds is 11. The Morgan fingerprint density at radius 2 is 1.53 bits per heavy atom. The fourth-order valence-corrected chi connectivity index (χ4v) is 12.4. The van der Waals surface area contributed by atoms with E-state index in [-0.39, 0.29) is 59.7 Å². The van der Waals surface area contributed by atoms with E-state index in [2.05, 4.69) is 53.5 Å². The molecular formula is C45H64O9S. The van der Waals surface area contributed by atoms with Crippen LogP contribution in [0.25, 0.3) is 0 Å². The summed E-state index contributed by atoms with van der Waals surface area (Å²) in [5.41, 5.74) is 1.04. The molecule has 1 aromatic rings. The third-order valence-electron chi connectivity index (χ3n) is 15.8. The molecule has 7 saturated heterocycles. The monoisotopic (exact) mass is 780 g/mol. The maximum Gasteiger partial charge on any atom is 0.201 e. The maximum atomic E-state index is 14.0. The number of aliphatic hydroxyl groups is 1. The minimum absolute atomic E-state index is 0.00105. The largest absolute Gasteiger partial charge is 0.393 e. The van der Waals surface area contributed by atoms with Crippen molar-refractivity contribution in [2.75, 3.05) is 6.61 Å². The van der Waals surface area contributed by atoms with Gasteiger partial charge in [-0.25, -0.2) is 19.6 Å². The van der Waals surface area contributed by atoms with Gasteiger partial charge < -0.3 is 19.3 Å². The van der Waals surface area contributed by atoms with Crippen molar-refractivity contribution in [2.24, 2.45) is 53.3 Å². The van der Waals surface area contributed by atoms with Crippen molar-refractivity contribution in [3.63, 3.8) is 0 Å². The molecule has 55 heavy (non-hydrogen) atoms. The number of thiol groups is 1. The first-order valence-corrected chi connectivity index (χ1v) is 21.6. The molecule has 7 aliphatic heterocycles. The maximum absolute atomic E-state index is 14.0. The van der Waals surface area contributed by atoms with Crippen molar-refractivity contribution < 1.29 is 43.7 Å². The van der Waals surface area contributed by atoms with Crippen LogP contribution in [0.4, 0.5) is 0 Å². The summed E-state index contributed by atoms with van der Waals surface area (Å²) in [6.07, 6.45) is 7.21. The number of ether oxygens (including phenoxy) is 3. The summed E-state index contributed by atoms with van der Waals surface area (Å²) in [7, 11) is 0. The Bertz CT molecular complexity index is 1620. The standard InChI is InChI=1S/C45H64O9S/c1-25-9-15-36(44-24-48-42(7,51-53-44)19-17-34(25)44)29(5)38(46)21-27(3)33(23-39(47)31-11-13-32(55)14-12-31)28(4)22-40-30(6)37-16-10-26(2)35-18-20-43(8)50-41(49-40)45(35,37)54-52-43/h11-14,25-26,29-30,33-38,40-41,46,55H,3-4,9-10,15-24H2,1-2,5-8H3/t25-,26-,29-,30-,33?,34+,35+,36+,37+,38-,40-,41-,42-,43-,44-,45-/m1/s1. The van der Waals surface area contributed by atoms with Gasteiger partial charge in [0.15, 0.2) is 23.5 Å². The van der Waals surface area contributed by atoms with Crippen LogP contribution in [-0.2, 0) is 33.8 Å². The van der Waals surface area contributed by atoms with E-state index in [1.54, 1.807) is 0 Å². The van der Waals surface area contributed by atoms with E-state index in [1.807, 2.05) is 38.1 Å². The first-order chi connectivity index (χ1) is 26.1. The van der Waals surface area contributed by atoms with Gasteiger partial charge in [0.25, 0.3) is 0 Å². The van der Waals surface area contributed by atoms with Crippen LogP contribution in [0.5, 0.6) is 0 Å². The molecular weight excluding hydrogens is 717 g/mol. The highest BCUT2D eigenvalue weighted by atomic mass is 32.1. The topological polar surface area (TPSA) is 102 Å². The van der Waals surface area contributed by atoms with Gasteiger partial charge in [0.05, 0.1) is 18.8 Å². The number of aliphatic hydroxyl groups excluding tert-OH is 1. The van der Waals surface area contributed by atoms with E-state index in [4.69, 9.17) is 33.8 Å². The van der Waals surface area contributed by atoms with E-state index in [1.165, 1.54) is 0 Å². The van der Waals surface area contributed by atoms with Gasteiger partial charge in [-0.3, -0.25) is 4.79 Å². The summed E-state index contributed by atoms with van der Waals surface area (Å²) >= 11 is 4.43. The van der Waals surface area contributed by atoms with Gasteiger partial charge in [-0.05, 0) is 119 Å². The number of benzene rings is 1. The summed E-state index contributed by atoms with van der Waals surface area (Å²) < 4.78 is 20.0. The van der Waals surface area contributed by atoms with E-state index in [9.17, 15) is 9.90 Å². The molecule has 9 fully saturated rings. The molecule has 0 aromatic heterocycles. The molecule has 0 radical (unpaired) electrons. The van der Waals surface area contributed by atoms with Crippen LogP contribution < -0.4 is 0 Å². The second kappa shape index (κ2) is 14.9. The SMILES string of the molecule is C=C(C[C@@H](O)[C@H](C)[C@@H]1CC[C@@H](C)[C@@H]2CC[C@]3(C)OC[C@]12OO3)C(CC(=O)c1ccc(S)cc1)C(=C)C[C@H]1O[C@@H]2O[C@@]3(C)CC[C@H]4[C@H](C)CC[C@@H]([C@H]1C)[C@@]24OO3. The molecule has 4 bridgehead atoms. The number of hydrogen-bond acceptors (Lipinski definition) is 10. The fourth-order valence-electron chi connectivity index (χ4n) is 12.2. The molecule has 9 nitrogen and oxygen atoms in total. The average Bonchev–Trinajstić information content (AvgIpc) is 3.54. The van der Waals surface area contributed by atoms with Crippen LogP contribution in [-0.4, -0.2) is 58.8 Å². The van der Waals surface area contributed by atoms with Gasteiger partial charge >= 0.3 is 0 Å². The molecule has 0 amide bonds. The van der Waals surface area contributed by atoms with Crippen LogP contribution in [0, 0.1) is 53.3 Å². The number of carbonyl (C=O) groups is 1. The third kappa shape index (κ3) is 6.95. The van der Waals surface area contributed by atoms with Crippen LogP contribution in [0.2, 0.25) is 0 Å². The average molecular weight is 781 g/mol. The second-order valence-corrected chi connectivity index (χ2v) is 19.7. The number of hydrogen-bond donors (Lipinski definition) is 2. The van der Waals surface area contributed by atoms with Gasteiger partial charge in [0.1, 0.15) is 5.60 Å². The van der Waals surface area contributed by atoms with E-state index >= 15 is 0 Å². The predicted octanol–water partition coefficient (Wildman–Crippen LogP) is 9.19. The van der Waals surface area contributed by atoms with Crippen molar-refractivity contribution >= 4 is 18.4 Å². The second-order valence-electron chi connectivity index (χ2n) is 19.2. The van der Waals surface area contributed by atoms with Gasteiger partial charge in [-0.15, -0.1) is 12.6 Å². The molecule has 16 atom stereocenters. The van der Waals surface area contributed by atoms with Crippen LogP contribution in [0.15, 0.2) is 53.5 Å². The van der Waals surface area contributed by atoms with Gasteiger partial charge in [0, 0.05) is 41.6 Å². The van der Waals surface area contributed by atoms with Crippen LogP contribution in [0.3, 0.4) is 0 Å². The first-order valence-electron chi connectivity index (χ1n) is 21.1. The zero-order chi connectivity index (χ0) is 39.1. The predicted molar refractivity (Wildman–Crippen MR) is 210 cm³/mol. The molecule has 1 aromatic carbocycles. The highest BCUT2D eigenvalue weighted by molar-refractivity contribution is 7.80. The van der Waals surface area contributed by atoms with Crippen molar-refractivity contribution in [2.45, 2.75) is 158 Å². The van der Waals surface area contributed by atoms with Crippen LogP contribution >= 0.6 is 12.6 Å². The normalized spacial score (nSPS) is 45.0. The molecule has 1 unspecified atom stereocenters. The van der Waals surface area contributed by atoms with Gasteiger partial charge in [0.2, 0.25) is 5.79 Å². The molecule has 1 N–H and O–H groups in total. The van der Waals surface area contributed by atoms with Crippen molar-refractivity contribution in [1.29, 1.82) is 0 Å². The van der Waals surface area contributed by atoms with Crippen molar-refractivity contribution in [3.05, 3.63) is 54.1 Å². The molecule has 9 aliphatic rings. The summed E-state index contributed by atoms with van der Waals surface area (Å²) in [6, 6.07) is 7.33. The lowest BCUT2D eigenvalue weighted by Gasteiger charge is -2.60. The Hall–Kier alpha value is -1.60. The molecule has 2 saturated carbocycles. The van der Waals surface area contributed by atoms with Crippen LogP contribution in [0.1, 0.15) is 123 Å². The number of Topliss-reactive ketones (excluding diaryl/α,β-unsaturated/α-hetero) is 1. The summed E-state index contributed by atoms with van der Waals surface area (Å²) in [6.45, 7) is 22.6. The highest BCUT2D eigenvalue weighted by Crippen LogP contribution is 2.61. The molecule has 10 rings (SSSR count). The minimum Gasteiger partial charge on any atom is -0.393 e. The Labute approximate surface area is 333 Å². The Morgan fingerprint density at radius 1 is 0.855 bits per heavy atom. The summed E-state index contributed by atoms with van der Waals surface area (Å²) in [5, 5.41) is 12.1. The summed E-state index contributed by atoms with van der Waals surface area (Å²) in [4.78, 5) is 39.6. The Morgan fingerprint density at radius 3 is 2.25 bits per heavy atom. The molecule has 2 aliphatic carbocycles. The Kier molecular flexibility index (Phi) is 10.9. The fraction of sp³-hybridized carbons (Fsp3) is 0.756. The Balaban J connectivity index is 1.02.